The maximum atomic E-state index is 10.4. The van der Waals surface area contributed by atoms with Crippen LogP contribution >= 0.6 is 37.7 Å². The Hall–Kier alpha value is 0.470. The van der Waals surface area contributed by atoms with E-state index in [2.05, 4.69) is 9.35 Å². The molecule has 3 atom stereocenters. The van der Waals surface area contributed by atoms with E-state index < -0.39 is 29.3 Å². The van der Waals surface area contributed by atoms with Crippen LogP contribution in [-0.4, -0.2) is 27.2 Å². The predicted molar refractivity (Wildman–Crippen MR) is 71.9 cm³/mol. The zero-order valence-electron chi connectivity index (χ0n) is 11.4. The molecule has 4 N–H and O–H groups in total. The summed E-state index contributed by atoms with van der Waals surface area (Å²) in [7, 11) is -13.0. The molecule has 0 fully saturated rings. The Morgan fingerprint density at radius 2 is 1.14 bits per heavy atom. The molecule has 18 heteroatoms. The second-order valence-electron chi connectivity index (χ2n) is 2.15. The van der Waals surface area contributed by atoms with E-state index in [-0.39, 0.29) is 8.46 Å². The summed E-state index contributed by atoms with van der Waals surface area (Å²) in [4.78, 5) is 31.3. The van der Waals surface area contributed by atoms with Gasteiger partial charge in [0.2, 0.25) is 0 Å². The minimum atomic E-state index is -6.53. The molecule has 0 radical (unpaired) electrons. The van der Waals surface area contributed by atoms with Crippen LogP contribution in [0.1, 0.15) is 20.8 Å². The molecule has 0 amide bonds. The molecule has 0 aromatic heterocycles. The topological polar surface area (TPSA) is 237 Å². The molecular weight excluding hydrogens is 411 g/mol. The van der Waals surface area contributed by atoms with Crippen LogP contribution in [0.15, 0.2) is 0 Å². The average molecular weight is 426 g/mol. The van der Waals surface area contributed by atoms with E-state index in [1.165, 1.54) is 0 Å². The summed E-state index contributed by atoms with van der Waals surface area (Å²) in [6.45, 7) is 5.86. The van der Waals surface area contributed by atoms with Crippen LogP contribution < -0.4 is 14.7 Å². The molecule has 0 bridgehead atoms. The summed E-state index contributed by atoms with van der Waals surface area (Å²) in [6.07, 6.45) is -5.80. The molecular formula is C4H15O13P5. The third kappa shape index (κ3) is 6.93. The van der Waals surface area contributed by atoms with Crippen LogP contribution in [-0.2, 0) is 27.6 Å². The molecule has 0 saturated carbocycles. The smallest absolute Gasteiger partial charge is 0.255 e. The molecule has 0 rings (SSSR count). The second kappa shape index (κ2) is 16.3. The van der Waals surface area contributed by atoms with Gasteiger partial charge in [-0.15, -0.1) is 0 Å². The summed E-state index contributed by atoms with van der Waals surface area (Å²) in [5, 5.41) is 28.1. The van der Waals surface area contributed by atoms with Gasteiger partial charge in [0.15, 0.2) is 8.46 Å². The summed E-state index contributed by atoms with van der Waals surface area (Å²) in [6, 6.07) is 0. The van der Waals surface area contributed by atoms with E-state index in [4.69, 9.17) is 21.0 Å². The molecule has 0 spiro atoms. The summed E-state index contributed by atoms with van der Waals surface area (Å²) in [5.74, 6) is 0. The van der Waals surface area contributed by atoms with Gasteiger partial charge in [-0.1, -0.05) is 20.8 Å². The van der Waals surface area contributed by atoms with Crippen molar-refractivity contribution in [3.05, 3.63) is 0 Å². The van der Waals surface area contributed by atoms with Gasteiger partial charge in [0.1, 0.15) is 0 Å². The first-order chi connectivity index (χ1) is 10.2. The van der Waals surface area contributed by atoms with Crippen molar-refractivity contribution in [3.8, 4) is 0 Å². The van der Waals surface area contributed by atoms with Crippen molar-refractivity contribution < 1.29 is 63.3 Å². The number of hydrogen-bond donors (Lipinski definition) is 4. The predicted octanol–water partition coefficient (Wildman–Crippen LogP) is 1.74. The fourth-order valence-corrected chi connectivity index (χ4v) is 6.48. The molecule has 134 valence electrons. The minimum absolute atomic E-state index is 0.248. The fourth-order valence-electron chi connectivity index (χ4n) is 0.373. The van der Waals surface area contributed by atoms with Crippen LogP contribution in [0.3, 0.4) is 0 Å². The largest absolute Gasteiger partial charge is 0.255 e. The number of rotatable bonds is 6. The van der Waals surface area contributed by atoms with E-state index in [9.17, 15) is 32.9 Å². The standard InChI is InChI=1S/C2H5OP.C2H6.H2O10P4.H2O2/c1-2-4-3;1-2;1-9-14(10-2,11(3)4,12(5)6)13(7)8;1-2/h2H2,1H3;1-2H3;1-2H;1-2H. The Kier molecular flexibility index (Phi) is 22.5. The van der Waals surface area contributed by atoms with Gasteiger partial charge in [-0.25, -0.2) is 0 Å². The van der Waals surface area contributed by atoms with E-state index in [0.717, 1.165) is 6.16 Å². The van der Waals surface area contributed by atoms with Crippen molar-refractivity contribution in [2.45, 2.75) is 20.8 Å². The maximum absolute atomic E-state index is 10.4. The second-order valence-corrected chi connectivity index (χ2v) is 18.8. The molecule has 0 aliphatic carbocycles. The average Bonchev–Trinajstić information content (AvgIpc) is 2.53. The van der Waals surface area contributed by atoms with Crippen molar-refractivity contribution in [1.82, 2.24) is 0 Å². The van der Waals surface area contributed by atoms with Crippen molar-refractivity contribution in [1.29, 1.82) is 0 Å². The van der Waals surface area contributed by atoms with Crippen LogP contribution in [0.4, 0.5) is 0 Å². The first-order valence-electron chi connectivity index (χ1n) is 4.83. The van der Waals surface area contributed by atoms with Gasteiger partial charge in [-0.05, 0) is 0 Å². The SMILES string of the molecule is CC.CCP=O.O=[P+]([O-])P(OO)(OO)([P+](=O)[O-])[P+](=O)[O-].OO. The van der Waals surface area contributed by atoms with Crippen LogP contribution in [0, 0.1) is 0 Å². The fraction of sp³-hybridized carbons (Fsp3) is 1.00. The third-order valence-corrected chi connectivity index (χ3v) is 18.0. The molecule has 0 aromatic rings. The van der Waals surface area contributed by atoms with Crippen LogP contribution in [0.5, 0.6) is 0 Å². The van der Waals surface area contributed by atoms with E-state index >= 15 is 0 Å². The van der Waals surface area contributed by atoms with E-state index in [1.807, 2.05) is 20.8 Å². The van der Waals surface area contributed by atoms with Gasteiger partial charge in [-0.3, -0.25) is 15.1 Å². The molecule has 0 aromatic carbocycles. The zero-order valence-corrected chi connectivity index (χ0v) is 15.9. The maximum Gasteiger partial charge on any atom is -0.255 e. The summed E-state index contributed by atoms with van der Waals surface area (Å²) >= 11 is 0. The Morgan fingerprint density at radius 1 is 0.955 bits per heavy atom. The monoisotopic (exact) mass is 426 g/mol. The van der Waals surface area contributed by atoms with Gasteiger partial charge >= 0.3 is 77.5 Å². The molecule has 22 heavy (non-hydrogen) atoms. The van der Waals surface area contributed by atoms with Crippen LogP contribution in [0.2, 0.25) is 0 Å². The zero-order chi connectivity index (χ0) is 19.0. The quantitative estimate of drug-likeness (QED) is 0.269. The molecule has 13 nitrogen and oxygen atoms in total. The Bertz CT molecular complexity index is 312. The van der Waals surface area contributed by atoms with Gasteiger partial charge in [-0.2, -0.15) is 0 Å². The Morgan fingerprint density at radius 3 is 1.14 bits per heavy atom. The summed E-state index contributed by atoms with van der Waals surface area (Å²) in [5.41, 5.74) is 0. The van der Waals surface area contributed by atoms with E-state index in [1.54, 1.807) is 0 Å². The molecule has 0 aliphatic rings. The third-order valence-electron chi connectivity index (χ3n) is 1.25. The van der Waals surface area contributed by atoms with Gasteiger partial charge < -0.3 is 0 Å². The summed E-state index contributed by atoms with van der Waals surface area (Å²) < 4.78 is 46.5. The molecule has 3 unspecified atom stereocenters. The van der Waals surface area contributed by atoms with Gasteiger partial charge in [0, 0.05) is 6.16 Å². The Labute approximate surface area is 128 Å². The van der Waals surface area contributed by atoms with Crippen LogP contribution in [0.25, 0.3) is 0 Å². The molecule has 0 heterocycles. The van der Waals surface area contributed by atoms with Crippen molar-refractivity contribution >= 4 is 37.7 Å². The van der Waals surface area contributed by atoms with E-state index in [0.29, 0.717) is 0 Å². The van der Waals surface area contributed by atoms with Crippen molar-refractivity contribution in [2.75, 3.05) is 6.16 Å². The normalized spacial score (nSPS) is 13.5. The van der Waals surface area contributed by atoms with Gasteiger partial charge in [0.25, 0.3) is 0 Å². The van der Waals surface area contributed by atoms with Crippen molar-refractivity contribution in [3.63, 3.8) is 0 Å². The minimum Gasteiger partial charge on any atom is -0.255 e. The first-order valence-corrected chi connectivity index (χ1v) is 13.6. The Balaban J connectivity index is -0.000000170. The molecule has 0 aliphatic heterocycles. The van der Waals surface area contributed by atoms with Crippen molar-refractivity contribution in [2.24, 2.45) is 0 Å². The first kappa shape index (κ1) is 30.4. The number of hydrogen-bond acceptors (Lipinski definition) is 13. The molecule has 0 saturated heterocycles. The van der Waals surface area contributed by atoms with Gasteiger partial charge in [0.05, 0.1) is 0 Å².